The summed E-state index contributed by atoms with van der Waals surface area (Å²) in [5.41, 5.74) is -0.723. The number of hydrogen-bond acceptors (Lipinski definition) is 6. The van der Waals surface area contributed by atoms with Gasteiger partial charge in [0.05, 0.1) is 18.6 Å². The first-order valence-electron chi connectivity index (χ1n) is 8.49. The molecule has 130 valence electrons. The van der Waals surface area contributed by atoms with Crippen molar-refractivity contribution in [1.82, 2.24) is 0 Å². The van der Waals surface area contributed by atoms with Crippen molar-refractivity contribution >= 4 is 11.9 Å². The van der Waals surface area contributed by atoms with E-state index in [4.69, 9.17) is 18.9 Å². The molecular weight excluding hydrogens is 300 g/mol. The van der Waals surface area contributed by atoms with Crippen LogP contribution >= 0.6 is 0 Å². The first-order chi connectivity index (χ1) is 10.9. The number of rotatable bonds is 2. The molecule has 1 spiro atoms. The Balaban J connectivity index is 1.83. The monoisotopic (exact) mass is 326 g/mol. The number of esters is 2. The SMILES string of the molecule is COC(=O)[C@@]1(C)C[C@@H](OC(C)=O)[C@@H]2OC3(CCCCC3)O[C@@H]2C1. The van der Waals surface area contributed by atoms with Gasteiger partial charge in [-0.25, -0.2) is 0 Å². The zero-order valence-corrected chi connectivity index (χ0v) is 14.1. The summed E-state index contributed by atoms with van der Waals surface area (Å²) in [5.74, 6) is -1.22. The average Bonchev–Trinajstić information content (AvgIpc) is 2.84. The van der Waals surface area contributed by atoms with Crippen molar-refractivity contribution in [2.24, 2.45) is 5.41 Å². The summed E-state index contributed by atoms with van der Waals surface area (Å²) < 4.78 is 23.0. The van der Waals surface area contributed by atoms with E-state index in [1.165, 1.54) is 20.5 Å². The molecule has 0 bridgehead atoms. The van der Waals surface area contributed by atoms with Crippen LogP contribution in [0.4, 0.5) is 0 Å². The molecule has 1 heterocycles. The number of ether oxygens (including phenoxy) is 4. The third-order valence-electron chi connectivity index (χ3n) is 5.36. The van der Waals surface area contributed by atoms with Crippen molar-refractivity contribution in [1.29, 1.82) is 0 Å². The van der Waals surface area contributed by atoms with Gasteiger partial charge >= 0.3 is 11.9 Å². The first kappa shape index (κ1) is 16.7. The third-order valence-corrected chi connectivity index (χ3v) is 5.36. The summed E-state index contributed by atoms with van der Waals surface area (Å²) in [5, 5.41) is 0. The maximum Gasteiger partial charge on any atom is 0.311 e. The number of hydrogen-bond donors (Lipinski definition) is 0. The lowest BCUT2D eigenvalue weighted by Gasteiger charge is -2.40. The molecule has 2 aliphatic carbocycles. The molecule has 0 aromatic carbocycles. The molecule has 3 aliphatic rings. The van der Waals surface area contributed by atoms with Gasteiger partial charge in [0.2, 0.25) is 0 Å². The number of methoxy groups -OCH3 is 1. The largest absolute Gasteiger partial charge is 0.469 e. The van der Waals surface area contributed by atoms with E-state index in [2.05, 4.69) is 0 Å². The minimum absolute atomic E-state index is 0.240. The maximum absolute atomic E-state index is 12.2. The fourth-order valence-corrected chi connectivity index (χ4v) is 4.32. The van der Waals surface area contributed by atoms with Crippen LogP contribution < -0.4 is 0 Å². The normalized spacial score (nSPS) is 38.8. The van der Waals surface area contributed by atoms with E-state index in [-0.39, 0.29) is 24.1 Å². The van der Waals surface area contributed by atoms with Crippen LogP contribution in [0.2, 0.25) is 0 Å². The molecule has 0 amide bonds. The van der Waals surface area contributed by atoms with Crippen LogP contribution in [0.3, 0.4) is 0 Å². The zero-order valence-electron chi connectivity index (χ0n) is 14.1. The first-order valence-corrected chi connectivity index (χ1v) is 8.49. The van der Waals surface area contributed by atoms with Crippen molar-refractivity contribution < 1.29 is 28.5 Å². The van der Waals surface area contributed by atoms with Gasteiger partial charge in [0, 0.05) is 26.2 Å². The Kier molecular flexibility index (Phi) is 4.40. The van der Waals surface area contributed by atoms with E-state index in [9.17, 15) is 9.59 Å². The molecule has 6 heteroatoms. The van der Waals surface area contributed by atoms with Gasteiger partial charge in [0.1, 0.15) is 12.2 Å². The number of carbonyl (C=O) groups excluding carboxylic acids is 2. The minimum Gasteiger partial charge on any atom is -0.469 e. The summed E-state index contributed by atoms with van der Waals surface area (Å²) >= 11 is 0. The molecule has 0 aromatic rings. The molecule has 0 unspecified atom stereocenters. The maximum atomic E-state index is 12.2. The van der Waals surface area contributed by atoms with Crippen LogP contribution in [-0.2, 0) is 28.5 Å². The topological polar surface area (TPSA) is 71.1 Å². The van der Waals surface area contributed by atoms with Gasteiger partial charge in [-0.15, -0.1) is 0 Å². The van der Waals surface area contributed by atoms with Crippen LogP contribution in [0.5, 0.6) is 0 Å². The van der Waals surface area contributed by atoms with Crippen molar-refractivity contribution in [2.75, 3.05) is 7.11 Å². The summed E-state index contributed by atoms with van der Waals surface area (Å²) in [6.07, 6.45) is 4.99. The van der Waals surface area contributed by atoms with Gasteiger partial charge in [0.25, 0.3) is 0 Å². The number of fused-ring (bicyclic) bond motifs is 1. The van der Waals surface area contributed by atoms with Gasteiger partial charge in [-0.3, -0.25) is 9.59 Å². The van der Waals surface area contributed by atoms with Crippen LogP contribution in [0.25, 0.3) is 0 Å². The molecule has 2 saturated carbocycles. The Morgan fingerprint density at radius 3 is 2.39 bits per heavy atom. The van der Waals surface area contributed by atoms with E-state index in [1.54, 1.807) is 0 Å². The van der Waals surface area contributed by atoms with Gasteiger partial charge < -0.3 is 18.9 Å². The fraction of sp³-hybridized carbons (Fsp3) is 0.882. The van der Waals surface area contributed by atoms with Gasteiger partial charge in [0.15, 0.2) is 5.79 Å². The molecule has 1 saturated heterocycles. The van der Waals surface area contributed by atoms with Crippen LogP contribution in [0.1, 0.15) is 58.8 Å². The van der Waals surface area contributed by atoms with Crippen molar-refractivity contribution in [3.8, 4) is 0 Å². The van der Waals surface area contributed by atoms with Crippen molar-refractivity contribution in [3.05, 3.63) is 0 Å². The van der Waals surface area contributed by atoms with Crippen LogP contribution in [-0.4, -0.2) is 43.1 Å². The van der Waals surface area contributed by atoms with Crippen molar-refractivity contribution in [3.63, 3.8) is 0 Å². The lowest BCUT2D eigenvalue weighted by molar-refractivity contribution is -0.202. The van der Waals surface area contributed by atoms with E-state index in [1.807, 2.05) is 6.92 Å². The minimum atomic E-state index is -0.723. The van der Waals surface area contributed by atoms with E-state index in [0.29, 0.717) is 12.8 Å². The highest BCUT2D eigenvalue weighted by molar-refractivity contribution is 5.76. The molecule has 3 fully saturated rings. The predicted octanol–water partition coefficient (Wildman–Crippen LogP) is 2.34. The average molecular weight is 326 g/mol. The Morgan fingerprint density at radius 2 is 1.78 bits per heavy atom. The molecule has 0 aromatic heterocycles. The lowest BCUT2D eigenvalue weighted by Crippen LogP contribution is -2.51. The van der Waals surface area contributed by atoms with Crippen LogP contribution in [0.15, 0.2) is 0 Å². The van der Waals surface area contributed by atoms with Crippen molar-refractivity contribution in [2.45, 2.75) is 82.9 Å². The molecule has 4 atom stereocenters. The summed E-state index contributed by atoms with van der Waals surface area (Å²) in [6, 6.07) is 0. The molecule has 6 nitrogen and oxygen atoms in total. The van der Waals surface area contributed by atoms with E-state index >= 15 is 0 Å². The van der Waals surface area contributed by atoms with Gasteiger partial charge in [-0.2, -0.15) is 0 Å². The highest BCUT2D eigenvalue weighted by Gasteiger charge is 2.58. The van der Waals surface area contributed by atoms with E-state index in [0.717, 1.165) is 25.7 Å². The molecular formula is C17H26O6. The second-order valence-corrected chi connectivity index (χ2v) is 7.32. The second-order valence-electron chi connectivity index (χ2n) is 7.32. The summed E-state index contributed by atoms with van der Waals surface area (Å²) in [4.78, 5) is 23.7. The quantitative estimate of drug-likeness (QED) is 0.725. The fourth-order valence-electron chi connectivity index (χ4n) is 4.32. The Bertz CT molecular complexity index is 483. The molecule has 0 N–H and O–H groups in total. The summed E-state index contributed by atoms with van der Waals surface area (Å²) in [7, 11) is 1.38. The highest BCUT2D eigenvalue weighted by atomic mass is 16.8. The molecule has 1 aliphatic heterocycles. The Morgan fingerprint density at radius 1 is 1.09 bits per heavy atom. The Labute approximate surface area is 136 Å². The van der Waals surface area contributed by atoms with Gasteiger partial charge in [-0.05, 0) is 26.2 Å². The standard InChI is InChI=1S/C17H26O6/c1-11(18)21-12-9-16(2,15(19)20-3)10-13-14(12)23-17(22-13)7-5-4-6-8-17/h12-14H,4-10H2,1-3H3/t12-,13-,14+,16+/m1/s1. The molecule has 3 rings (SSSR count). The van der Waals surface area contributed by atoms with Crippen LogP contribution in [0, 0.1) is 5.41 Å². The highest BCUT2D eigenvalue weighted by Crippen LogP contribution is 2.50. The lowest BCUT2D eigenvalue weighted by atomic mass is 9.72. The zero-order chi connectivity index (χ0) is 16.7. The summed E-state index contributed by atoms with van der Waals surface area (Å²) in [6.45, 7) is 3.23. The molecule has 0 radical (unpaired) electrons. The smallest absolute Gasteiger partial charge is 0.311 e. The molecule has 23 heavy (non-hydrogen) atoms. The Hall–Kier alpha value is -1.14. The predicted molar refractivity (Wildman–Crippen MR) is 80.5 cm³/mol. The number of carbonyl (C=O) groups is 2. The second kappa shape index (κ2) is 6.06. The van der Waals surface area contributed by atoms with E-state index < -0.39 is 17.3 Å². The third kappa shape index (κ3) is 3.11. The van der Waals surface area contributed by atoms with Gasteiger partial charge in [-0.1, -0.05) is 6.42 Å².